The van der Waals surface area contributed by atoms with E-state index >= 15 is 0 Å². The third kappa shape index (κ3) is 2.70. The first kappa shape index (κ1) is 15.6. The van der Waals surface area contributed by atoms with Gasteiger partial charge in [-0.3, -0.25) is 9.69 Å². The van der Waals surface area contributed by atoms with Gasteiger partial charge < -0.3 is 10.1 Å². The fourth-order valence-corrected chi connectivity index (χ4v) is 2.57. The summed E-state index contributed by atoms with van der Waals surface area (Å²) in [5.74, 6) is -0.615. The van der Waals surface area contributed by atoms with Crippen LogP contribution in [0, 0.1) is 0 Å². The Kier molecular flexibility index (Phi) is 4.14. The number of carbonyl (C=O) groups excluding carboxylic acids is 2. The molecule has 1 N–H and O–H groups in total. The molecule has 5 nitrogen and oxygen atoms in total. The fourth-order valence-electron chi connectivity index (χ4n) is 2.40. The number of esters is 1. The molecule has 0 saturated heterocycles. The molecule has 0 aromatic heterocycles. The van der Waals surface area contributed by atoms with E-state index in [4.69, 9.17) is 16.3 Å². The molecular weight excluding hydrogens is 292 g/mol. The van der Waals surface area contributed by atoms with Crippen LogP contribution >= 0.6 is 11.6 Å². The number of amides is 1. The van der Waals surface area contributed by atoms with Crippen LogP contribution in [0.4, 0.5) is 11.4 Å². The van der Waals surface area contributed by atoms with E-state index in [0.29, 0.717) is 10.7 Å². The smallest absolute Gasteiger partial charge is 0.331 e. The number of nitrogens with zero attached hydrogens (tertiary/aromatic N) is 1. The normalized spacial score (nSPS) is 18.0. The Morgan fingerprint density at radius 1 is 1.48 bits per heavy atom. The van der Waals surface area contributed by atoms with Crippen LogP contribution in [0.2, 0.25) is 5.02 Å². The van der Waals surface area contributed by atoms with Crippen molar-refractivity contribution in [1.82, 2.24) is 0 Å². The largest absolute Gasteiger partial charge is 0.464 e. The van der Waals surface area contributed by atoms with E-state index in [9.17, 15) is 9.59 Å². The molecule has 1 atom stereocenters. The summed E-state index contributed by atoms with van der Waals surface area (Å²) in [6.07, 6.45) is 0. The van der Waals surface area contributed by atoms with E-state index in [1.807, 2.05) is 0 Å². The van der Waals surface area contributed by atoms with E-state index in [-0.39, 0.29) is 12.5 Å². The molecule has 1 unspecified atom stereocenters. The van der Waals surface area contributed by atoms with Crippen LogP contribution in [0.1, 0.15) is 27.7 Å². The van der Waals surface area contributed by atoms with Gasteiger partial charge in [0.1, 0.15) is 11.6 Å². The first-order valence-electron chi connectivity index (χ1n) is 6.86. The van der Waals surface area contributed by atoms with Gasteiger partial charge in [0.05, 0.1) is 18.0 Å². The van der Waals surface area contributed by atoms with E-state index in [1.54, 1.807) is 45.9 Å². The van der Waals surface area contributed by atoms with Crippen molar-refractivity contribution >= 4 is 34.9 Å². The number of anilines is 2. The molecular formula is C15H19ClN2O3. The van der Waals surface area contributed by atoms with Gasteiger partial charge in [-0.05, 0) is 45.9 Å². The molecule has 2 rings (SSSR count). The lowest BCUT2D eigenvalue weighted by Gasteiger charge is -2.42. The molecule has 0 spiro atoms. The Bertz CT molecular complexity index is 586. The molecule has 21 heavy (non-hydrogen) atoms. The van der Waals surface area contributed by atoms with Gasteiger partial charge in [-0.25, -0.2) is 4.79 Å². The van der Waals surface area contributed by atoms with Crippen molar-refractivity contribution in [2.24, 2.45) is 0 Å². The van der Waals surface area contributed by atoms with Crippen LogP contribution < -0.4 is 10.2 Å². The number of benzene rings is 1. The number of ether oxygens (including phenoxy) is 1. The minimum Gasteiger partial charge on any atom is -0.464 e. The number of hydrogen-bond acceptors (Lipinski definition) is 4. The highest BCUT2D eigenvalue weighted by Crippen LogP contribution is 2.38. The topological polar surface area (TPSA) is 58.6 Å². The van der Waals surface area contributed by atoms with Gasteiger partial charge in [-0.1, -0.05) is 11.6 Å². The first-order valence-corrected chi connectivity index (χ1v) is 7.24. The Morgan fingerprint density at radius 3 is 2.76 bits per heavy atom. The zero-order valence-corrected chi connectivity index (χ0v) is 13.3. The van der Waals surface area contributed by atoms with Gasteiger partial charge in [-0.15, -0.1) is 0 Å². The molecule has 0 fully saturated rings. The predicted molar refractivity (Wildman–Crippen MR) is 82.7 cm³/mol. The van der Waals surface area contributed by atoms with Crippen LogP contribution in [0.5, 0.6) is 0 Å². The Labute approximate surface area is 129 Å². The lowest BCUT2D eigenvalue weighted by Crippen LogP contribution is -2.59. The van der Waals surface area contributed by atoms with Gasteiger partial charge in [0.25, 0.3) is 0 Å². The number of fused-ring (bicyclic) bond motifs is 1. The predicted octanol–water partition coefficient (Wildman–Crippen LogP) is 2.83. The number of halogens is 1. The second-order valence-corrected chi connectivity index (χ2v) is 5.92. The Hall–Kier alpha value is -1.75. The van der Waals surface area contributed by atoms with Crippen molar-refractivity contribution in [2.75, 3.05) is 16.8 Å². The summed E-state index contributed by atoms with van der Waals surface area (Å²) in [5, 5.41) is 3.66. The maximum absolute atomic E-state index is 12.6. The van der Waals surface area contributed by atoms with E-state index in [1.165, 1.54) is 4.90 Å². The second-order valence-electron chi connectivity index (χ2n) is 5.48. The fraction of sp³-hybridized carbons (Fsp3) is 0.467. The van der Waals surface area contributed by atoms with Crippen molar-refractivity contribution in [3.8, 4) is 0 Å². The lowest BCUT2D eigenvalue weighted by molar-refractivity contribution is -0.149. The molecule has 6 heteroatoms. The van der Waals surface area contributed by atoms with E-state index < -0.39 is 17.6 Å². The molecule has 1 aromatic rings. The SMILES string of the molecule is CCOC(=O)C(C)(C)N1C(=O)C(C)Nc2cc(Cl)ccc21. The Morgan fingerprint density at radius 2 is 2.14 bits per heavy atom. The van der Waals surface area contributed by atoms with Crippen molar-refractivity contribution in [3.05, 3.63) is 23.2 Å². The molecule has 114 valence electrons. The van der Waals surface area contributed by atoms with Crippen molar-refractivity contribution in [2.45, 2.75) is 39.3 Å². The average molecular weight is 311 g/mol. The number of rotatable bonds is 3. The standard InChI is InChI=1S/C15H19ClN2O3/c1-5-21-14(20)15(3,4)18-12-7-6-10(16)8-11(12)17-9(2)13(18)19/h6-9,17H,5H2,1-4H3. The van der Waals surface area contributed by atoms with Gasteiger partial charge in [0.15, 0.2) is 0 Å². The highest BCUT2D eigenvalue weighted by Gasteiger charge is 2.44. The zero-order valence-electron chi connectivity index (χ0n) is 12.6. The van der Waals surface area contributed by atoms with Crippen molar-refractivity contribution in [3.63, 3.8) is 0 Å². The quantitative estimate of drug-likeness (QED) is 0.872. The Balaban J connectivity index is 2.52. The van der Waals surface area contributed by atoms with Gasteiger partial charge in [0, 0.05) is 5.02 Å². The molecule has 1 heterocycles. The molecule has 0 saturated carbocycles. The van der Waals surface area contributed by atoms with Gasteiger partial charge in [-0.2, -0.15) is 0 Å². The summed E-state index contributed by atoms with van der Waals surface area (Å²) in [6, 6.07) is 4.73. The van der Waals surface area contributed by atoms with Crippen molar-refractivity contribution in [1.29, 1.82) is 0 Å². The zero-order chi connectivity index (χ0) is 15.8. The monoisotopic (exact) mass is 310 g/mol. The summed E-state index contributed by atoms with van der Waals surface area (Å²) in [6.45, 7) is 7.12. The van der Waals surface area contributed by atoms with Gasteiger partial charge >= 0.3 is 5.97 Å². The van der Waals surface area contributed by atoms with Crippen LogP contribution in [-0.4, -0.2) is 30.1 Å². The minimum atomic E-state index is -1.09. The molecule has 1 aliphatic rings. The first-order chi connectivity index (χ1) is 9.78. The molecule has 0 radical (unpaired) electrons. The summed E-state index contributed by atoms with van der Waals surface area (Å²) in [5.41, 5.74) is 0.263. The highest BCUT2D eigenvalue weighted by atomic mass is 35.5. The number of hydrogen-bond donors (Lipinski definition) is 1. The molecule has 1 aromatic carbocycles. The van der Waals surface area contributed by atoms with E-state index in [2.05, 4.69) is 5.32 Å². The third-order valence-electron chi connectivity index (χ3n) is 3.50. The van der Waals surface area contributed by atoms with Crippen LogP contribution in [0.3, 0.4) is 0 Å². The van der Waals surface area contributed by atoms with Crippen molar-refractivity contribution < 1.29 is 14.3 Å². The molecule has 0 aliphatic carbocycles. The average Bonchev–Trinajstić information content (AvgIpc) is 2.40. The number of nitrogens with one attached hydrogen (secondary N) is 1. The summed E-state index contributed by atoms with van der Waals surface area (Å²) in [4.78, 5) is 26.3. The summed E-state index contributed by atoms with van der Waals surface area (Å²) >= 11 is 6.00. The maximum atomic E-state index is 12.6. The summed E-state index contributed by atoms with van der Waals surface area (Å²) < 4.78 is 5.10. The van der Waals surface area contributed by atoms with E-state index in [0.717, 1.165) is 5.69 Å². The van der Waals surface area contributed by atoms with Gasteiger partial charge in [0.2, 0.25) is 5.91 Å². The minimum absolute atomic E-state index is 0.178. The highest BCUT2D eigenvalue weighted by molar-refractivity contribution is 6.31. The second kappa shape index (κ2) is 5.56. The third-order valence-corrected chi connectivity index (χ3v) is 3.73. The van der Waals surface area contributed by atoms with Crippen LogP contribution in [0.25, 0.3) is 0 Å². The molecule has 0 bridgehead atoms. The van der Waals surface area contributed by atoms with Crippen LogP contribution in [-0.2, 0) is 14.3 Å². The molecule has 1 amide bonds. The summed E-state index contributed by atoms with van der Waals surface area (Å²) in [7, 11) is 0. The lowest BCUT2D eigenvalue weighted by atomic mass is 9.97. The maximum Gasteiger partial charge on any atom is 0.331 e. The number of carbonyl (C=O) groups is 2. The molecule has 1 aliphatic heterocycles. The van der Waals surface area contributed by atoms with Crippen LogP contribution in [0.15, 0.2) is 18.2 Å².